The lowest BCUT2D eigenvalue weighted by Gasteiger charge is -2.14. The van der Waals surface area contributed by atoms with Gasteiger partial charge >= 0.3 is 11.1 Å². The van der Waals surface area contributed by atoms with Crippen LogP contribution in [0.1, 0.15) is 5.56 Å². The highest BCUT2D eigenvalue weighted by Gasteiger charge is 2.40. The van der Waals surface area contributed by atoms with E-state index in [-0.39, 0.29) is 15.6 Å². The Balaban J connectivity index is 3.33. The molecule has 0 fully saturated rings. The lowest BCUT2D eigenvalue weighted by Crippen LogP contribution is -2.24. The molecule has 2 nitrogen and oxygen atoms in total. The van der Waals surface area contributed by atoms with Crippen LogP contribution in [0.5, 0.6) is 0 Å². The topological polar surface area (TPSA) is 37.3 Å². The minimum absolute atomic E-state index is 0.0492. The molecule has 1 atom stereocenters. The average molecular weight is 257 g/mol. The van der Waals surface area contributed by atoms with E-state index < -0.39 is 11.1 Å². The third-order valence-corrected chi connectivity index (χ3v) is 2.74. The van der Waals surface area contributed by atoms with Crippen LogP contribution in [0, 0.1) is 0 Å². The number of rotatable bonds is 2. The van der Waals surface area contributed by atoms with Crippen molar-refractivity contribution < 1.29 is 14.3 Å². The maximum atomic E-state index is 13.4. The van der Waals surface area contributed by atoms with Gasteiger partial charge in [0.15, 0.2) is 0 Å². The summed E-state index contributed by atoms with van der Waals surface area (Å²) in [5.41, 5.74) is -0.374. The van der Waals surface area contributed by atoms with Crippen molar-refractivity contribution in [2.75, 3.05) is 0 Å². The Morgan fingerprint density at radius 3 is 2.50 bits per heavy atom. The number of halogens is 4. The number of benzene rings is 1. The minimum atomic E-state index is -3.05. The molecular formula is C8H4Cl3FO2. The van der Waals surface area contributed by atoms with Crippen LogP contribution in [0.25, 0.3) is 0 Å². The SMILES string of the molecule is O=C(O)C(F)(Cl)c1cccc(Cl)c1Cl. The molecule has 0 aromatic heterocycles. The molecule has 0 amide bonds. The Kier molecular flexibility index (Phi) is 3.24. The number of aliphatic carboxylic acids is 1. The van der Waals surface area contributed by atoms with Crippen LogP contribution in [-0.4, -0.2) is 11.1 Å². The molecule has 1 aromatic carbocycles. The average Bonchev–Trinajstić information content (AvgIpc) is 2.09. The van der Waals surface area contributed by atoms with Gasteiger partial charge in [-0.15, -0.1) is 0 Å². The second-order valence-corrected chi connectivity index (χ2v) is 3.79. The normalized spacial score (nSPS) is 14.9. The first-order valence-electron chi connectivity index (χ1n) is 3.43. The van der Waals surface area contributed by atoms with E-state index in [2.05, 4.69) is 0 Å². The molecule has 0 spiro atoms. The van der Waals surface area contributed by atoms with E-state index in [1.165, 1.54) is 12.1 Å². The second-order valence-electron chi connectivity index (χ2n) is 2.48. The predicted molar refractivity (Wildman–Crippen MR) is 52.7 cm³/mol. The zero-order valence-electron chi connectivity index (χ0n) is 6.60. The van der Waals surface area contributed by atoms with Gasteiger partial charge in [-0.25, -0.2) is 9.18 Å². The highest BCUT2D eigenvalue weighted by atomic mass is 35.5. The fourth-order valence-corrected chi connectivity index (χ4v) is 1.50. The Hall–Kier alpha value is -0.510. The van der Waals surface area contributed by atoms with E-state index in [4.69, 9.17) is 39.9 Å². The van der Waals surface area contributed by atoms with Gasteiger partial charge in [-0.1, -0.05) is 46.9 Å². The molecule has 1 N–H and O–H groups in total. The summed E-state index contributed by atoms with van der Waals surface area (Å²) in [6.07, 6.45) is 0. The van der Waals surface area contributed by atoms with Crippen molar-refractivity contribution in [1.29, 1.82) is 0 Å². The Labute approximate surface area is 94.2 Å². The smallest absolute Gasteiger partial charge is 0.362 e. The number of carboxylic acids is 1. The van der Waals surface area contributed by atoms with Crippen molar-refractivity contribution >= 4 is 40.8 Å². The van der Waals surface area contributed by atoms with Crippen molar-refractivity contribution in [3.8, 4) is 0 Å². The summed E-state index contributed by atoms with van der Waals surface area (Å²) in [4.78, 5) is 10.5. The molecule has 0 heterocycles. The number of hydrogen-bond donors (Lipinski definition) is 1. The Morgan fingerprint density at radius 2 is 2.00 bits per heavy atom. The molecule has 14 heavy (non-hydrogen) atoms. The first kappa shape index (κ1) is 11.6. The fourth-order valence-electron chi connectivity index (χ4n) is 0.861. The lowest BCUT2D eigenvalue weighted by atomic mass is 10.1. The molecule has 0 aliphatic carbocycles. The Bertz CT molecular complexity index is 379. The summed E-state index contributed by atoms with van der Waals surface area (Å²) in [7, 11) is 0. The number of carbonyl (C=O) groups is 1. The van der Waals surface area contributed by atoms with E-state index in [0.717, 1.165) is 6.07 Å². The first-order valence-corrected chi connectivity index (χ1v) is 4.56. The Morgan fingerprint density at radius 1 is 1.43 bits per heavy atom. The van der Waals surface area contributed by atoms with Crippen LogP contribution in [-0.2, 0) is 9.92 Å². The predicted octanol–water partition coefficient (Wildman–Crippen LogP) is 3.44. The molecule has 1 rings (SSSR count). The van der Waals surface area contributed by atoms with Gasteiger partial charge in [0.05, 0.1) is 10.0 Å². The summed E-state index contributed by atoms with van der Waals surface area (Å²) in [6.45, 7) is 0. The van der Waals surface area contributed by atoms with Crippen molar-refractivity contribution in [3.63, 3.8) is 0 Å². The zero-order chi connectivity index (χ0) is 10.9. The molecular weight excluding hydrogens is 253 g/mol. The van der Waals surface area contributed by atoms with Crippen LogP contribution in [0.2, 0.25) is 10.0 Å². The van der Waals surface area contributed by atoms with Gasteiger partial charge < -0.3 is 5.11 Å². The van der Waals surface area contributed by atoms with Crippen molar-refractivity contribution in [1.82, 2.24) is 0 Å². The summed E-state index contributed by atoms with van der Waals surface area (Å²) in [5.74, 6) is -1.83. The van der Waals surface area contributed by atoms with Crippen molar-refractivity contribution in [3.05, 3.63) is 33.8 Å². The first-order chi connectivity index (χ1) is 6.37. The molecule has 0 aliphatic heterocycles. The van der Waals surface area contributed by atoms with E-state index in [9.17, 15) is 9.18 Å². The minimum Gasteiger partial charge on any atom is -0.478 e. The number of carboxylic acid groups (broad SMARTS) is 1. The molecule has 0 bridgehead atoms. The molecule has 0 aliphatic rings. The third kappa shape index (κ3) is 1.95. The van der Waals surface area contributed by atoms with Crippen LogP contribution >= 0.6 is 34.8 Å². The summed E-state index contributed by atoms with van der Waals surface area (Å²) < 4.78 is 13.4. The van der Waals surface area contributed by atoms with E-state index >= 15 is 0 Å². The molecule has 76 valence electrons. The highest BCUT2D eigenvalue weighted by molar-refractivity contribution is 6.44. The molecule has 6 heteroatoms. The summed E-state index contributed by atoms with van der Waals surface area (Å²) in [5, 5.41) is 5.30. The van der Waals surface area contributed by atoms with Crippen LogP contribution < -0.4 is 0 Å². The van der Waals surface area contributed by atoms with Crippen LogP contribution in [0.15, 0.2) is 18.2 Å². The molecule has 0 saturated heterocycles. The fraction of sp³-hybridized carbons (Fsp3) is 0.125. The maximum Gasteiger partial charge on any atom is 0.362 e. The van der Waals surface area contributed by atoms with Gasteiger partial charge in [0.25, 0.3) is 0 Å². The highest BCUT2D eigenvalue weighted by Crippen LogP contribution is 2.38. The molecule has 1 unspecified atom stereocenters. The summed E-state index contributed by atoms with van der Waals surface area (Å²) >= 11 is 16.3. The van der Waals surface area contributed by atoms with Gasteiger partial charge in [-0.2, -0.15) is 0 Å². The monoisotopic (exact) mass is 256 g/mol. The lowest BCUT2D eigenvalue weighted by molar-refractivity contribution is -0.145. The van der Waals surface area contributed by atoms with Gasteiger partial charge in [0.1, 0.15) is 0 Å². The van der Waals surface area contributed by atoms with Gasteiger partial charge in [0, 0.05) is 5.56 Å². The third-order valence-electron chi connectivity index (χ3n) is 1.56. The quantitative estimate of drug-likeness (QED) is 0.824. The molecule has 0 saturated carbocycles. The van der Waals surface area contributed by atoms with E-state index in [1.807, 2.05) is 0 Å². The maximum absolute atomic E-state index is 13.4. The molecule has 1 aromatic rings. The molecule has 0 radical (unpaired) electrons. The zero-order valence-corrected chi connectivity index (χ0v) is 8.87. The van der Waals surface area contributed by atoms with Gasteiger partial charge in [-0.3, -0.25) is 0 Å². The van der Waals surface area contributed by atoms with E-state index in [1.54, 1.807) is 0 Å². The van der Waals surface area contributed by atoms with E-state index in [0.29, 0.717) is 0 Å². The second kappa shape index (κ2) is 3.93. The van der Waals surface area contributed by atoms with Gasteiger partial charge in [-0.05, 0) is 6.07 Å². The van der Waals surface area contributed by atoms with Crippen molar-refractivity contribution in [2.45, 2.75) is 5.13 Å². The largest absolute Gasteiger partial charge is 0.478 e. The van der Waals surface area contributed by atoms with Crippen LogP contribution in [0.4, 0.5) is 4.39 Å². The standard InChI is InChI=1S/C8H4Cl3FO2/c9-5-3-1-2-4(6(5)10)8(11,12)7(13)14/h1-3H,(H,13,14). The van der Waals surface area contributed by atoms with Crippen LogP contribution in [0.3, 0.4) is 0 Å². The number of hydrogen-bond acceptors (Lipinski definition) is 1. The summed E-state index contributed by atoms with van der Waals surface area (Å²) in [6, 6.07) is 3.93. The number of alkyl halides is 2. The van der Waals surface area contributed by atoms with Gasteiger partial charge in [0.2, 0.25) is 0 Å². The van der Waals surface area contributed by atoms with Crippen molar-refractivity contribution in [2.24, 2.45) is 0 Å².